The maximum absolute atomic E-state index is 11.4. The van der Waals surface area contributed by atoms with Gasteiger partial charge >= 0.3 is 0 Å². The van der Waals surface area contributed by atoms with Gasteiger partial charge in [0.15, 0.2) is 0 Å². The fourth-order valence-electron chi connectivity index (χ4n) is 10.5. The van der Waals surface area contributed by atoms with Crippen molar-refractivity contribution in [2.24, 2.45) is 63.6 Å². The number of aliphatic hydroxyl groups is 1. The summed E-state index contributed by atoms with van der Waals surface area (Å²) >= 11 is 0. The van der Waals surface area contributed by atoms with E-state index in [0.29, 0.717) is 22.2 Å². The van der Waals surface area contributed by atoms with Crippen LogP contribution in [0.4, 0.5) is 0 Å². The third-order valence-corrected chi connectivity index (χ3v) is 12.3. The standard InChI is InChI=1S/C29H48O/c1-7-20(18(2)3)9-8-19(4)23-10-11-24-22-16-26(30)29-17-21(29)12-15-28(29,6)25(22)13-14-27(23,24)5/h8-9,18-26,30H,7,10-17H2,1-6H3/b9-8+/t19-,20-,21+,22+,23-,24+,25+,26-,27-,28-,29-/m1/s1. The Balaban J connectivity index is 1.36. The summed E-state index contributed by atoms with van der Waals surface area (Å²) in [6.45, 7) is 14.8. The summed E-state index contributed by atoms with van der Waals surface area (Å²) in [7, 11) is 0. The second-order valence-electron chi connectivity index (χ2n) is 13.3. The fourth-order valence-corrected chi connectivity index (χ4v) is 10.5. The van der Waals surface area contributed by atoms with Gasteiger partial charge in [-0.1, -0.05) is 53.7 Å². The number of hydrogen-bond donors (Lipinski definition) is 1. The van der Waals surface area contributed by atoms with Crippen LogP contribution in [-0.2, 0) is 0 Å². The lowest BCUT2D eigenvalue weighted by Crippen LogP contribution is -2.56. The SMILES string of the molecule is CC[C@H](/C=C/[C@@H](C)[C@H]1CC[C@H]2[C@@H]3C[C@@H](O)[C@@]45C[C@@H]4CC[C@]5(C)[C@H]3CC[C@]12C)C(C)C. The fraction of sp³-hybridized carbons (Fsp3) is 0.931. The molecule has 1 nitrogen and oxygen atoms in total. The maximum atomic E-state index is 11.4. The zero-order valence-corrected chi connectivity index (χ0v) is 20.7. The van der Waals surface area contributed by atoms with Gasteiger partial charge < -0.3 is 5.11 Å². The van der Waals surface area contributed by atoms with E-state index in [2.05, 4.69) is 53.7 Å². The van der Waals surface area contributed by atoms with Crippen LogP contribution in [0.3, 0.4) is 0 Å². The molecule has 170 valence electrons. The molecule has 30 heavy (non-hydrogen) atoms. The van der Waals surface area contributed by atoms with E-state index in [-0.39, 0.29) is 6.10 Å². The average molecular weight is 413 g/mol. The van der Waals surface area contributed by atoms with Gasteiger partial charge in [-0.05, 0) is 116 Å². The Bertz CT molecular complexity index is 694. The molecule has 5 fully saturated rings. The van der Waals surface area contributed by atoms with E-state index in [1.807, 2.05) is 0 Å². The van der Waals surface area contributed by atoms with Gasteiger partial charge in [-0.2, -0.15) is 0 Å². The van der Waals surface area contributed by atoms with Crippen LogP contribution in [0.1, 0.15) is 99.3 Å². The van der Waals surface area contributed by atoms with Crippen molar-refractivity contribution < 1.29 is 5.11 Å². The molecule has 1 heteroatoms. The summed E-state index contributed by atoms with van der Waals surface area (Å²) in [5.74, 6) is 6.39. The first-order valence-corrected chi connectivity index (χ1v) is 13.6. The maximum Gasteiger partial charge on any atom is 0.0607 e. The summed E-state index contributed by atoms with van der Waals surface area (Å²) < 4.78 is 0. The quantitative estimate of drug-likeness (QED) is 0.464. The summed E-state index contributed by atoms with van der Waals surface area (Å²) in [6, 6.07) is 0. The molecule has 0 aliphatic heterocycles. The van der Waals surface area contributed by atoms with Crippen molar-refractivity contribution >= 4 is 0 Å². The Hall–Kier alpha value is -0.300. The summed E-state index contributed by atoms with van der Waals surface area (Å²) in [4.78, 5) is 0. The van der Waals surface area contributed by atoms with Crippen LogP contribution in [0.15, 0.2) is 12.2 Å². The molecule has 5 aliphatic rings. The lowest BCUT2D eigenvalue weighted by atomic mass is 9.45. The molecule has 5 aliphatic carbocycles. The van der Waals surface area contributed by atoms with Crippen LogP contribution in [0.25, 0.3) is 0 Å². The van der Waals surface area contributed by atoms with Gasteiger partial charge in [0, 0.05) is 5.41 Å². The van der Waals surface area contributed by atoms with Crippen molar-refractivity contribution in [1.82, 2.24) is 0 Å². The zero-order valence-electron chi connectivity index (χ0n) is 20.7. The van der Waals surface area contributed by atoms with Crippen molar-refractivity contribution in [3.8, 4) is 0 Å². The van der Waals surface area contributed by atoms with Gasteiger partial charge in [-0.15, -0.1) is 0 Å². The van der Waals surface area contributed by atoms with Gasteiger partial charge in [0.25, 0.3) is 0 Å². The Morgan fingerprint density at radius 1 is 0.967 bits per heavy atom. The minimum Gasteiger partial charge on any atom is -0.393 e. The van der Waals surface area contributed by atoms with Crippen LogP contribution < -0.4 is 0 Å². The van der Waals surface area contributed by atoms with E-state index in [9.17, 15) is 5.11 Å². The summed E-state index contributed by atoms with van der Waals surface area (Å²) in [5.41, 5.74) is 1.27. The van der Waals surface area contributed by atoms with E-state index in [1.54, 1.807) is 0 Å². The second kappa shape index (κ2) is 7.10. The number of rotatable bonds is 5. The molecule has 0 bridgehead atoms. The highest BCUT2D eigenvalue weighted by Gasteiger charge is 2.77. The van der Waals surface area contributed by atoms with E-state index in [1.165, 1.54) is 51.4 Å². The number of aliphatic hydroxyl groups excluding tert-OH is 1. The molecule has 5 rings (SSSR count). The molecule has 11 atom stereocenters. The van der Waals surface area contributed by atoms with Crippen LogP contribution in [0, 0.1) is 63.6 Å². The summed E-state index contributed by atoms with van der Waals surface area (Å²) in [6.07, 6.45) is 17.4. The van der Waals surface area contributed by atoms with Gasteiger partial charge in [0.2, 0.25) is 0 Å². The number of fused-ring (bicyclic) bond motifs is 4. The molecule has 0 radical (unpaired) electrons. The second-order valence-corrected chi connectivity index (χ2v) is 13.3. The van der Waals surface area contributed by atoms with Crippen LogP contribution in [-0.4, -0.2) is 11.2 Å². The van der Waals surface area contributed by atoms with Crippen LogP contribution in [0.5, 0.6) is 0 Å². The van der Waals surface area contributed by atoms with E-state index in [4.69, 9.17) is 0 Å². The Labute approximate surface area is 186 Å². The minimum atomic E-state index is -0.00803. The molecular formula is C29H48O. The molecule has 0 amide bonds. The van der Waals surface area contributed by atoms with Crippen LogP contribution in [0.2, 0.25) is 0 Å². The third kappa shape index (κ3) is 2.69. The Morgan fingerprint density at radius 2 is 1.73 bits per heavy atom. The largest absolute Gasteiger partial charge is 0.393 e. The molecule has 0 aromatic rings. The van der Waals surface area contributed by atoms with Crippen molar-refractivity contribution in [2.75, 3.05) is 0 Å². The topological polar surface area (TPSA) is 20.2 Å². The molecule has 1 spiro atoms. The molecule has 1 N–H and O–H groups in total. The summed E-state index contributed by atoms with van der Waals surface area (Å²) in [5, 5.41) is 11.4. The van der Waals surface area contributed by atoms with Gasteiger partial charge in [-0.3, -0.25) is 0 Å². The van der Waals surface area contributed by atoms with E-state index in [0.717, 1.165) is 47.8 Å². The van der Waals surface area contributed by atoms with Crippen molar-refractivity contribution in [1.29, 1.82) is 0 Å². The zero-order chi connectivity index (χ0) is 21.5. The monoisotopic (exact) mass is 412 g/mol. The van der Waals surface area contributed by atoms with Crippen molar-refractivity contribution in [3.05, 3.63) is 12.2 Å². The van der Waals surface area contributed by atoms with E-state index < -0.39 is 0 Å². The van der Waals surface area contributed by atoms with Gasteiger partial charge in [-0.25, -0.2) is 0 Å². The Morgan fingerprint density at radius 3 is 2.40 bits per heavy atom. The highest BCUT2D eigenvalue weighted by molar-refractivity contribution is 5.25. The van der Waals surface area contributed by atoms with Gasteiger partial charge in [0.1, 0.15) is 0 Å². The predicted octanol–water partition coefficient (Wildman–Crippen LogP) is 7.49. The molecule has 0 aromatic carbocycles. The molecule has 5 saturated carbocycles. The lowest BCUT2D eigenvalue weighted by Gasteiger charge is -2.60. The van der Waals surface area contributed by atoms with Gasteiger partial charge in [0.05, 0.1) is 6.10 Å². The molecular weight excluding hydrogens is 364 g/mol. The van der Waals surface area contributed by atoms with Crippen LogP contribution >= 0.6 is 0 Å². The Kier molecular flexibility index (Phi) is 5.10. The lowest BCUT2D eigenvalue weighted by molar-refractivity contribution is -0.151. The predicted molar refractivity (Wildman–Crippen MR) is 126 cm³/mol. The third-order valence-electron chi connectivity index (χ3n) is 12.3. The van der Waals surface area contributed by atoms with E-state index >= 15 is 0 Å². The highest BCUT2D eigenvalue weighted by Crippen LogP contribution is 2.81. The molecule has 0 heterocycles. The average Bonchev–Trinajstić information content (AvgIpc) is 3.22. The number of hydrogen-bond acceptors (Lipinski definition) is 1. The number of allylic oxidation sites excluding steroid dienone is 2. The first-order chi connectivity index (χ1) is 14.2. The smallest absolute Gasteiger partial charge is 0.0607 e. The highest BCUT2D eigenvalue weighted by atomic mass is 16.3. The first kappa shape index (κ1) is 21.5. The molecule has 0 unspecified atom stereocenters. The first-order valence-electron chi connectivity index (χ1n) is 13.6. The molecule has 0 saturated heterocycles. The van der Waals surface area contributed by atoms with Crippen molar-refractivity contribution in [3.63, 3.8) is 0 Å². The van der Waals surface area contributed by atoms with Crippen molar-refractivity contribution in [2.45, 2.75) is 105 Å². The normalized spacial score (nSPS) is 53.9. The minimum absolute atomic E-state index is 0.00803. The molecule has 0 aromatic heterocycles.